The van der Waals surface area contributed by atoms with Crippen molar-refractivity contribution in [3.8, 4) is 0 Å². The summed E-state index contributed by atoms with van der Waals surface area (Å²) in [6, 6.07) is 0.327. The van der Waals surface area contributed by atoms with Crippen LogP contribution in [0.3, 0.4) is 0 Å². The minimum atomic E-state index is -0.124. The van der Waals surface area contributed by atoms with Crippen LogP contribution in [0.1, 0.15) is 59.3 Å². The molecule has 0 saturated heterocycles. The lowest BCUT2D eigenvalue weighted by atomic mass is 9.87. The van der Waals surface area contributed by atoms with Gasteiger partial charge < -0.3 is 10.4 Å². The first-order chi connectivity index (χ1) is 6.61. The van der Waals surface area contributed by atoms with Crippen molar-refractivity contribution in [1.29, 1.82) is 0 Å². The smallest absolute Gasteiger partial charge is 0.0693 e. The van der Waals surface area contributed by atoms with Crippen LogP contribution in [0, 0.1) is 0 Å². The Labute approximate surface area is 88.1 Å². The molecule has 84 valence electrons. The number of nitrogens with one attached hydrogen (secondary N) is 1. The van der Waals surface area contributed by atoms with Gasteiger partial charge in [0.05, 0.1) is 6.10 Å². The zero-order valence-electron chi connectivity index (χ0n) is 9.84. The topological polar surface area (TPSA) is 32.3 Å². The van der Waals surface area contributed by atoms with E-state index in [0.29, 0.717) is 6.04 Å². The Kier molecular flexibility index (Phi) is 4.39. The van der Waals surface area contributed by atoms with E-state index in [4.69, 9.17) is 0 Å². The number of aliphatic hydroxyl groups is 1. The van der Waals surface area contributed by atoms with Crippen molar-refractivity contribution in [1.82, 2.24) is 5.32 Å². The molecule has 1 aliphatic carbocycles. The van der Waals surface area contributed by atoms with Crippen molar-refractivity contribution >= 4 is 0 Å². The van der Waals surface area contributed by atoms with Gasteiger partial charge in [-0.1, -0.05) is 26.7 Å². The third-order valence-corrected chi connectivity index (χ3v) is 3.82. The quantitative estimate of drug-likeness (QED) is 0.729. The summed E-state index contributed by atoms with van der Waals surface area (Å²) in [6.45, 7) is 6.69. The predicted octanol–water partition coefficient (Wildman–Crippen LogP) is 2.46. The molecule has 0 aromatic heterocycles. The lowest BCUT2D eigenvalue weighted by molar-refractivity contribution is 0.0718. The highest BCUT2D eigenvalue weighted by Crippen LogP contribution is 2.23. The highest BCUT2D eigenvalue weighted by atomic mass is 16.3. The van der Waals surface area contributed by atoms with Gasteiger partial charge in [0, 0.05) is 11.6 Å². The van der Waals surface area contributed by atoms with Crippen LogP contribution >= 0.6 is 0 Å². The molecule has 2 heteroatoms. The second-order valence-corrected chi connectivity index (χ2v) is 4.87. The Hall–Kier alpha value is -0.0800. The Balaban J connectivity index is 2.48. The molecule has 2 atom stereocenters. The van der Waals surface area contributed by atoms with Crippen molar-refractivity contribution in [3.63, 3.8) is 0 Å². The Morgan fingerprint density at radius 3 is 2.29 bits per heavy atom. The average molecular weight is 199 g/mol. The van der Waals surface area contributed by atoms with Gasteiger partial charge in [0.25, 0.3) is 0 Å². The van der Waals surface area contributed by atoms with Crippen LogP contribution in [0.2, 0.25) is 0 Å². The molecule has 1 rings (SSSR count). The third kappa shape index (κ3) is 2.96. The normalized spacial score (nSPS) is 29.1. The standard InChI is InChI=1S/C12H25NO/c1-4-12(3,5-2)13-10-8-6-7-9-11(10)14/h10-11,13-14H,4-9H2,1-3H3/t10-,11-/m1/s1. The van der Waals surface area contributed by atoms with Crippen LogP contribution in [0.25, 0.3) is 0 Å². The number of rotatable bonds is 4. The molecule has 0 aliphatic heterocycles. The molecule has 0 bridgehead atoms. The molecule has 0 aromatic carbocycles. The van der Waals surface area contributed by atoms with Crippen molar-refractivity contribution in [3.05, 3.63) is 0 Å². The molecule has 1 aliphatic rings. The van der Waals surface area contributed by atoms with Gasteiger partial charge >= 0.3 is 0 Å². The monoisotopic (exact) mass is 199 g/mol. The molecule has 14 heavy (non-hydrogen) atoms. The van der Waals surface area contributed by atoms with E-state index < -0.39 is 0 Å². The van der Waals surface area contributed by atoms with Crippen LogP contribution in [-0.2, 0) is 0 Å². The first kappa shape index (κ1) is 12.0. The summed E-state index contributed by atoms with van der Waals surface area (Å²) in [7, 11) is 0. The van der Waals surface area contributed by atoms with E-state index in [-0.39, 0.29) is 11.6 Å². The van der Waals surface area contributed by atoms with Crippen LogP contribution in [0.15, 0.2) is 0 Å². The molecule has 0 heterocycles. The number of hydrogen-bond donors (Lipinski definition) is 2. The third-order valence-electron chi connectivity index (χ3n) is 3.82. The lowest BCUT2D eigenvalue weighted by Gasteiger charge is -2.38. The molecule has 1 saturated carbocycles. The second kappa shape index (κ2) is 5.13. The van der Waals surface area contributed by atoms with E-state index >= 15 is 0 Å². The van der Waals surface area contributed by atoms with E-state index in [9.17, 15) is 5.11 Å². The molecule has 1 fully saturated rings. The second-order valence-electron chi connectivity index (χ2n) is 4.87. The average Bonchev–Trinajstić information content (AvgIpc) is 2.21. The minimum Gasteiger partial charge on any atom is -0.392 e. The van der Waals surface area contributed by atoms with Gasteiger partial charge in [-0.3, -0.25) is 0 Å². The van der Waals surface area contributed by atoms with Crippen molar-refractivity contribution in [2.75, 3.05) is 0 Å². The first-order valence-corrected chi connectivity index (χ1v) is 6.07. The maximum absolute atomic E-state index is 9.86. The maximum atomic E-state index is 9.86. The largest absolute Gasteiger partial charge is 0.392 e. The van der Waals surface area contributed by atoms with Crippen molar-refractivity contribution in [2.24, 2.45) is 0 Å². The summed E-state index contributed by atoms with van der Waals surface area (Å²) in [5.41, 5.74) is 0.211. The fourth-order valence-electron chi connectivity index (χ4n) is 2.18. The molecule has 0 radical (unpaired) electrons. The minimum absolute atomic E-state index is 0.124. The van der Waals surface area contributed by atoms with Gasteiger partial charge in [-0.25, -0.2) is 0 Å². The Morgan fingerprint density at radius 2 is 1.79 bits per heavy atom. The van der Waals surface area contributed by atoms with Gasteiger partial charge in [-0.2, -0.15) is 0 Å². The molecule has 0 amide bonds. The van der Waals surface area contributed by atoms with Crippen LogP contribution in [0.5, 0.6) is 0 Å². The molecular weight excluding hydrogens is 174 g/mol. The van der Waals surface area contributed by atoms with Crippen LogP contribution in [0.4, 0.5) is 0 Å². The maximum Gasteiger partial charge on any atom is 0.0693 e. The lowest BCUT2D eigenvalue weighted by Crippen LogP contribution is -2.53. The fraction of sp³-hybridized carbons (Fsp3) is 1.00. The first-order valence-electron chi connectivity index (χ1n) is 6.07. The fourth-order valence-corrected chi connectivity index (χ4v) is 2.18. The van der Waals surface area contributed by atoms with Crippen molar-refractivity contribution < 1.29 is 5.11 Å². The molecule has 2 N–H and O–H groups in total. The van der Waals surface area contributed by atoms with Crippen LogP contribution in [-0.4, -0.2) is 22.8 Å². The predicted molar refractivity (Wildman–Crippen MR) is 60.4 cm³/mol. The number of aliphatic hydroxyl groups excluding tert-OH is 1. The van der Waals surface area contributed by atoms with E-state index in [1.807, 2.05) is 0 Å². The Bertz CT molecular complexity index is 166. The zero-order chi connectivity index (χ0) is 10.6. The van der Waals surface area contributed by atoms with E-state index in [0.717, 1.165) is 25.7 Å². The molecular formula is C12H25NO. The molecule has 0 unspecified atom stereocenters. The van der Waals surface area contributed by atoms with Gasteiger partial charge in [0.1, 0.15) is 0 Å². The van der Waals surface area contributed by atoms with E-state index in [1.165, 1.54) is 12.8 Å². The summed E-state index contributed by atoms with van der Waals surface area (Å²) in [4.78, 5) is 0. The van der Waals surface area contributed by atoms with E-state index in [1.54, 1.807) is 0 Å². The zero-order valence-corrected chi connectivity index (χ0v) is 9.84. The summed E-state index contributed by atoms with van der Waals surface area (Å²) in [5.74, 6) is 0. The van der Waals surface area contributed by atoms with Gasteiger partial charge in [0.2, 0.25) is 0 Å². The Morgan fingerprint density at radius 1 is 1.21 bits per heavy atom. The summed E-state index contributed by atoms with van der Waals surface area (Å²) in [5, 5.41) is 13.5. The van der Waals surface area contributed by atoms with Gasteiger partial charge in [-0.05, 0) is 32.6 Å². The SMILES string of the molecule is CCC(C)(CC)N[C@@H]1CCCC[C@H]1O. The van der Waals surface area contributed by atoms with Gasteiger partial charge in [0.15, 0.2) is 0 Å². The summed E-state index contributed by atoms with van der Waals surface area (Å²) in [6.07, 6.45) is 6.70. The van der Waals surface area contributed by atoms with E-state index in [2.05, 4.69) is 26.1 Å². The summed E-state index contributed by atoms with van der Waals surface area (Å²) >= 11 is 0. The van der Waals surface area contributed by atoms with Crippen molar-refractivity contribution in [2.45, 2.75) is 77.0 Å². The molecule has 2 nitrogen and oxygen atoms in total. The summed E-state index contributed by atoms with van der Waals surface area (Å²) < 4.78 is 0. The van der Waals surface area contributed by atoms with Gasteiger partial charge in [-0.15, -0.1) is 0 Å². The van der Waals surface area contributed by atoms with Crippen LogP contribution < -0.4 is 5.32 Å². The molecule has 0 spiro atoms. The molecule has 0 aromatic rings. The highest BCUT2D eigenvalue weighted by molar-refractivity contribution is 4.89. The number of hydrogen-bond acceptors (Lipinski definition) is 2. The highest BCUT2D eigenvalue weighted by Gasteiger charge is 2.29.